The zero-order valence-electron chi connectivity index (χ0n) is 12.6. The van der Waals surface area contributed by atoms with Gasteiger partial charge < -0.3 is 15.0 Å². The average molecular weight is 310 g/mol. The fourth-order valence-corrected chi connectivity index (χ4v) is 3.51. The van der Waals surface area contributed by atoms with Crippen molar-refractivity contribution in [3.63, 3.8) is 0 Å². The maximum atomic E-state index is 14.1. The molecule has 0 aliphatic carbocycles. The largest absolute Gasteiger partial charge is 0.493 e. The Kier molecular flexibility index (Phi) is 4.29. The first-order valence-electron chi connectivity index (χ1n) is 7.63. The highest BCUT2D eigenvalue weighted by Gasteiger charge is 2.33. The van der Waals surface area contributed by atoms with Crippen LogP contribution in [0.25, 0.3) is 0 Å². The summed E-state index contributed by atoms with van der Waals surface area (Å²) in [4.78, 5) is 14.3. The molecule has 1 aromatic rings. The van der Waals surface area contributed by atoms with Gasteiger partial charge in [0.05, 0.1) is 7.11 Å². The second-order valence-electron chi connectivity index (χ2n) is 5.99. The molecule has 0 bridgehead atoms. The van der Waals surface area contributed by atoms with Gasteiger partial charge in [-0.3, -0.25) is 4.79 Å². The van der Waals surface area contributed by atoms with E-state index in [0.717, 1.165) is 38.1 Å². The van der Waals surface area contributed by atoms with E-state index in [-0.39, 0.29) is 11.3 Å². The molecule has 0 aromatic heterocycles. The van der Waals surface area contributed by atoms with Crippen LogP contribution in [0.2, 0.25) is 0 Å². The lowest BCUT2D eigenvalue weighted by atomic mass is 9.92. The summed E-state index contributed by atoms with van der Waals surface area (Å²) in [5.74, 6) is -1.12. The van der Waals surface area contributed by atoms with E-state index in [2.05, 4.69) is 5.32 Å². The highest BCUT2D eigenvalue weighted by atomic mass is 19.1. The number of rotatable bonds is 2. The zero-order chi connectivity index (χ0) is 15.7. The molecular formula is C16H20F2N2O2. The number of hydrogen-bond acceptors (Lipinski definition) is 3. The van der Waals surface area contributed by atoms with E-state index in [4.69, 9.17) is 4.74 Å². The Labute approximate surface area is 128 Å². The standard InChI is InChI=1S/C16H20F2N2O2/c1-22-15-13(18)3-2-12(17)14(15)16(21)20-6-4-10-8-19-9-11(10)5-7-20/h2-3,10-11,19H,4-9H2,1H3/t10-,11+. The van der Waals surface area contributed by atoms with Gasteiger partial charge >= 0.3 is 0 Å². The Bertz CT molecular complexity index is 566. The van der Waals surface area contributed by atoms with Crippen molar-refractivity contribution in [3.05, 3.63) is 29.3 Å². The Balaban J connectivity index is 1.84. The summed E-state index contributed by atoms with van der Waals surface area (Å²) in [6.45, 7) is 3.09. The maximum Gasteiger partial charge on any atom is 0.260 e. The Morgan fingerprint density at radius 1 is 1.18 bits per heavy atom. The molecule has 120 valence electrons. The minimum absolute atomic E-state index is 0.298. The molecule has 0 saturated carbocycles. The molecule has 2 aliphatic heterocycles. The van der Waals surface area contributed by atoms with Gasteiger partial charge in [0, 0.05) is 13.1 Å². The number of carbonyl (C=O) groups excluding carboxylic acids is 1. The normalized spacial score (nSPS) is 24.8. The molecule has 2 saturated heterocycles. The van der Waals surface area contributed by atoms with E-state index in [1.54, 1.807) is 4.90 Å². The fourth-order valence-electron chi connectivity index (χ4n) is 3.51. The number of benzene rings is 1. The van der Waals surface area contributed by atoms with E-state index < -0.39 is 17.5 Å². The molecule has 0 unspecified atom stereocenters. The van der Waals surface area contributed by atoms with Crippen LogP contribution in [0.15, 0.2) is 12.1 Å². The maximum absolute atomic E-state index is 14.1. The number of methoxy groups -OCH3 is 1. The lowest BCUT2D eigenvalue weighted by molar-refractivity contribution is 0.0749. The highest BCUT2D eigenvalue weighted by molar-refractivity contribution is 5.97. The molecule has 1 N–H and O–H groups in total. The van der Waals surface area contributed by atoms with Crippen LogP contribution in [-0.2, 0) is 0 Å². The van der Waals surface area contributed by atoms with Gasteiger partial charge in [0.2, 0.25) is 0 Å². The first kappa shape index (κ1) is 15.2. The van der Waals surface area contributed by atoms with Gasteiger partial charge in [0.1, 0.15) is 11.4 Å². The van der Waals surface area contributed by atoms with E-state index >= 15 is 0 Å². The Morgan fingerprint density at radius 2 is 1.77 bits per heavy atom. The van der Waals surface area contributed by atoms with Crippen molar-refractivity contribution < 1.29 is 18.3 Å². The van der Waals surface area contributed by atoms with Gasteiger partial charge in [0.25, 0.3) is 5.91 Å². The molecule has 2 heterocycles. The summed E-state index contributed by atoms with van der Waals surface area (Å²) in [5.41, 5.74) is -0.298. The van der Waals surface area contributed by atoms with Crippen molar-refractivity contribution in [2.45, 2.75) is 12.8 Å². The first-order valence-corrected chi connectivity index (χ1v) is 7.63. The quantitative estimate of drug-likeness (QED) is 0.909. The molecule has 2 atom stereocenters. The number of likely N-dealkylation sites (tertiary alicyclic amines) is 1. The molecule has 2 fully saturated rings. The van der Waals surface area contributed by atoms with Crippen molar-refractivity contribution in [2.24, 2.45) is 11.8 Å². The number of carbonyl (C=O) groups is 1. The molecule has 1 amide bonds. The molecule has 0 spiro atoms. The van der Waals surface area contributed by atoms with Gasteiger partial charge in [-0.25, -0.2) is 8.78 Å². The number of fused-ring (bicyclic) bond motifs is 1. The minimum Gasteiger partial charge on any atom is -0.493 e. The van der Waals surface area contributed by atoms with Crippen LogP contribution >= 0.6 is 0 Å². The van der Waals surface area contributed by atoms with Crippen molar-refractivity contribution in [1.82, 2.24) is 10.2 Å². The van der Waals surface area contributed by atoms with Gasteiger partial charge in [0.15, 0.2) is 11.6 Å². The highest BCUT2D eigenvalue weighted by Crippen LogP contribution is 2.30. The third kappa shape index (κ3) is 2.67. The van der Waals surface area contributed by atoms with E-state index in [9.17, 15) is 13.6 Å². The zero-order valence-corrected chi connectivity index (χ0v) is 12.6. The first-order chi connectivity index (χ1) is 10.6. The fraction of sp³-hybridized carbons (Fsp3) is 0.562. The Morgan fingerprint density at radius 3 is 2.36 bits per heavy atom. The van der Waals surface area contributed by atoms with Crippen LogP contribution in [0.3, 0.4) is 0 Å². The summed E-state index contributed by atoms with van der Waals surface area (Å²) < 4.78 is 32.7. The smallest absolute Gasteiger partial charge is 0.260 e. The summed E-state index contributed by atoms with van der Waals surface area (Å²) in [6.07, 6.45) is 1.78. The number of nitrogens with one attached hydrogen (secondary N) is 1. The van der Waals surface area contributed by atoms with E-state index in [1.165, 1.54) is 7.11 Å². The molecule has 22 heavy (non-hydrogen) atoms. The van der Waals surface area contributed by atoms with Gasteiger partial charge in [-0.1, -0.05) is 0 Å². The summed E-state index contributed by atoms with van der Waals surface area (Å²) in [5, 5.41) is 3.37. The summed E-state index contributed by atoms with van der Waals surface area (Å²) in [7, 11) is 1.24. The number of amides is 1. The van der Waals surface area contributed by atoms with Gasteiger partial charge in [-0.2, -0.15) is 0 Å². The second-order valence-corrected chi connectivity index (χ2v) is 5.99. The van der Waals surface area contributed by atoms with Crippen molar-refractivity contribution in [2.75, 3.05) is 33.3 Å². The molecule has 1 aromatic carbocycles. The van der Waals surface area contributed by atoms with Crippen molar-refractivity contribution in [3.8, 4) is 5.75 Å². The lowest BCUT2D eigenvalue weighted by Gasteiger charge is -2.22. The summed E-state index contributed by atoms with van der Waals surface area (Å²) in [6, 6.07) is 1.95. The summed E-state index contributed by atoms with van der Waals surface area (Å²) >= 11 is 0. The SMILES string of the molecule is COc1c(F)ccc(F)c1C(=O)N1CC[C@@H]2CNC[C@@H]2CC1. The topological polar surface area (TPSA) is 41.6 Å². The van der Waals surface area contributed by atoms with Crippen LogP contribution in [0.4, 0.5) is 8.78 Å². The molecular weight excluding hydrogens is 290 g/mol. The average Bonchev–Trinajstić information content (AvgIpc) is 2.87. The molecule has 2 aliphatic rings. The Hall–Kier alpha value is -1.69. The number of halogens is 2. The van der Waals surface area contributed by atoms with E-state index in [0.29, 0.717) is 24.9 Å². The van der Waals surface area contributed by atoms with Crippen LogP contribution in [-0.4, -0.2) is 44.1 Å². The van der Waals surface area contributed by atoms with Gasteiger partial charge in [-0.15, -0.1) is 0 Å². The molecule has 0 radical (unpaired) electrons. The monoisotopic (exact) mass is 310 g/mol. The minimum atomic E-state index is -0.741. The number of ether oxygens (including phenoxy) is 1. The third-order valence-corrected chi connectivity index (χ3v) is 4.78. The van der Waals surface area contributed by atoms with Crippen LogP contribution < -0.4 is 10.1 Å². The van der Waals surface area contributed by atoms with Crippen molar-refractivity contribution >= 4 is 5.91 Å². The predicted molar refractivity (Wildman–Crippen MR) is 77.9 cm³/mol. The third-order valence-electron chi connectivity index (χ3n) is 4.78. The lowest BCUT2D eigenvalue weighted by Crippen LogP contribution is -2.33. The molecule has 3 rings (SSSR count). The van der Waals surface area contributed by atoms with Gasteiger partial charge in [-0.05, 0) is 49.9 Å². The van der Waals surface area contributed by atoms with Crippen LogP contribution in [0.1, 0.15) is 23.2 Å². The second kappa shape index (κ2) is 6.20. The predicted octanol–water partition coefficient (Wildman–Crippen LogP) is 2.04. The molecule has 4 nitrogen and oxygen atoms in total. The van der Waals surface area contributed by atoms with Crippen LogP contribution in [0, 0.1) is 23.5 Å². The molecule has 6 heteroatoms. The van der Waals surface area contributed by atoms with E-state index in [1.807, 2.05) is 0 Å². The van der Waals surface area contributed by atoms with Crippen molar-refractivity contribution in [1.29, 1.82) is 0 Å². The number of hydrogen-bond donors (Lipinski definition) is 1. The van der Waals surface area contributed by atoms with Crippen LogP contribution in [0.5, 0.6) is 5.75 Å². The number of nitrogens with zero attached hydrogens (tertiary/aromatic N) is 1.